The molecule has 0 bridgehead atoms. The fourth-order valence-corrected chi connectivity index (χ4v) is 3.13. The van der Waals surface area contributed by atoms with Crippen LogP contribution in [0.2, 0.25) is 0 Å². The molecule has 1 aromatic carbocycles. The Kier molecular flexibility index (Phi) is 5.62. The Morgan fingerprint density at radius 2 is 2.04 bits per heavy atom. The summed E-state index contributed by atoms with van der Waals surface area (Å²) in [5.41, 5.74) is 0.0431. The van der Waals surface area contributed by atoms with E-state index in [2.05, 4.69) is 20.1 Å². The molecule has 0 aliphatic carbocycles. The van der Waals surface area contributed by atoms with Gasteiger partial charge in [-0.2, -0.15) is 0 Å². The molecule has 0 amide bonds. The van der Waals surface area contributed by atoms with Gasteiger partial charge in [-0.25, -0.2) is 9.37 Å². The number of pyridine rings is 1. The van der Waals surface area contributed by atoms with Crippen LogP contribution in [0.3, 0.4) is 0 Å². The summed E-state index contributed by atoms with van der Waals surface area (Å²) < 4.78 is 14.0. The highest BCUT2D eigenvalue weighted by Gasteiger charge is 2.20. The van der Waals surface area contributed by atoms with Crippen molar-refractivity contribution in [1.82, 2.24) is 9.88 Å². The summed E-state index contributed by atoms with van der Waals surface area (Å²) in [6.45, 7) is 6.36. The molecule has 1 fully saturated rings. The molecule has 7 nitrogen and oxygen atoms in total. The first-order valence-corrected chi connectivity index (χ1v) is 8.62. The van der Waals surface area contributed by atoms with Crippen molar-refractivity contribution in [3.8, 4) is 0 Å². The van der Waals surface area contributed by atoms with E-state index in [1.54, 1.807) is 6.20 Å². The van der Waals surface area contributed by atoms with E-state index >= 15 is 0 Å². The molecule has 1 unspecified atom stereocenters. The van der Waals surface area contributed by atoms with Gasteiger partial charge in [0.2, 0.25) is 0 Å². The van der Waals surface area contributed by atoms with Crippen LogP contribution >= 0.6 is 0 Å². The number of nitrogens with one attached hydrogen (secondary N) is 1. The van der Waals surface area contributed by atoms with Crippen molar-refractivity contribution < 1.29 is 9.31 Å². The Balaban J connectivity index is 1.50. The first-order chi connectivity index (χ1) is 12.5. The second-order valence-corrected chi connectivity index (χ2v) is 6.44. The molecule has 3 rings (SSSR count). The quantitative estimate of drug-likeness (QED) is 0.631. The van der Waals surface area contributed by atoms with Crippen LogP contribution in [0.1, 0.15) is 6.92 Å². The van der Waals surface area contributed by atoms with E-state index in [0.717, 1.165) is 44.6 Å². The van der Waals surface area contributed by atoms with Crippen LogP contribution in [0.4, 0.5) is 21.6 Å². The van der Waals surface area contributed by atoms with E-state index in [1.165, 1.54) is 12.1 Å². The Morgan fingerprint density at radius 1 is 1.27 bits per heavy atom. The topological polar surface area (TPSA) is 74.5 Å². The minimum absolute atomic E-state index is 0.0207. The Morgan fingerprint density at radius 3 is 2.65 bits per heavy atom. The summed E-state index contributed by atoms with van der Waals surface area (Å²) in [6, 6.07) is 9.60. The smallest absolute Gasteiger partial charge is 0.272 e. The number of aromatic nitrogens is 1. The van der Waals surface area contributed by atoms with Gasteiger partial charge in [0.15, 0.2) is 5.82 Å². The van der Waals surface area contributed by atoms with E-state index in [4.69, 9.17) is 0 Å². The molecule has 1 saturated heterocycles. The van der Waals surface area contributed by atoms with Gasteiger partial charge in [0.05, 0.1) is 16.7 Å². The van der Waals surface area contributed by atoms with Crippen LogP contribution in [0.5, 0.6) is 0 Å². The van der Waals surface area contributed by atoms with Crippen molar-refractivity contribution in [2.75, 3.05) is 42.9 Å². The van der Waals surface area contributed by atoms with Crippen LogP contribution in [-0.4, -0.2) is 53.6 Å². The molecule has 1 aromatic heterocycles. The number of halogens is 1. The zero-order valence-corrected chi connectivity index (χ0v) is 14.6. The lowest BCUT2D eigenvalue weighted by molar-refractivity contribution is -0.385. The molecule has 0 saturated carbocycles. The van der Waals surface area contributed by atoms with E-state index in [-0.39, 0.29) is 17.4 Å². The number of piperazine rings is 1. The third kappa shape index (κ3) is 4.45. The maximum atomic E-state index is 14.0. The van der Waals surface area contributed by atoms with Crippen LogP contribution in [-0.2, 0) is 0 Å². The zero-order chi connectivity index (χ0) is 18.5. The number of rotatable bonds is 6. The molecule has 1 aliphatic heterocycles. The Labute approximate surface area is 151 Å². The minimum atomic E-state index is -0.606. The van der Waals surface area contributed by atoms with Gasteiger partial charge >= 0.3 is 0 Å². The molecule has 1 N–H and O–H groups in total. The predicted octanol–water partition coefficient (Wildman–Crippen LogP) is 2.75. The van der Waals surface area contributed by atoms with Crippen molar-refractivity contribution in [3.05, 3.63) is 58.5 Å². The molecular formula is C18H22FN5O2. The second kappa shape index (κ2) is 8.09. The number of hydrogen-bond acceptors (Lipinski definition) is 6. The number of nitro benzene ring substituents is 1. The highest BCUT2D eigenvalue weighted by atomic mass is 19.1. The molecule has 138 valence electrons. The summed E-state index contributed by atoms with van der Waals surface area (Å²) >= 11 is 0. The fourth-order valence-electron chi connectivity index (χ4n) is 3.13. The van der Waals surface area contributed by atoms with Crippen molar-refractivity contribution in [1.29, 1.82) is 0 Å². The van der Waals surface area contributed by atoms with Crippen LogP contribution < -0.4 is 10.2 Å². The summed E-state index contributed by atoms with van der Waals surface area (Å²) in [5, 5.41) is 13.8. The third-order valence-electron chi connectivity index (χ3n) is 4.44. The second-order valence-electron chi connectivity index (χ2n) is 6.44. The van der Waals surface area contributed by atoms with Gasteiger partial charge in [-0.3, -0.25) is 15.0 Å². The number of nitro groups is 1. The lowest BCUT2D eigenvalue weighted by Crippen LogP contribution is -2.49. The van der Waals surface area contributed by atoms with Crippen LogP contribution in [0.15, 0.2) is 42.6 Å². The van der Waals surface area contributed by atoms with E-state index < -0.39 is 10.7 Å². The summed E-state index contributed by atoms with van der Waals surface area (Å²) in [7, 11) is 0. The van der Waals surface area contributed by atoms with Crippen LogP contribution in [0.25, 0.3) is 0 Å². The third-order valence-corrected chi connectivity index (χ3v) is 4.44. The summed E-state index contributed by atoms with van der Waals surface area (Å²) in [4.78, 5) is 19.0. The molecule has 1 atom stereocenters. The lowest BCUT2D eigenvalue weighted by atomic mass is 10.2. The molecule has 2 heterocycles. The number of anilines is 2. The molecule has 1 aliphatic rings. The molecule has 0 spiro atoms. The fraction of sp³-hybridized carbons (Fsp3) is 0.389. The zero-order valence-electron chi connectivity index (χ0n) is 14.6. The SMILES string of the molecule is CC(CN1CCN(c2ccccn2)CC1)Nc1ccc([N+](=O)[O-])cc1F. The van der Waals surface area contributed by atoms with E-state index in [1.807, 2.05) is 25.1 Å². The van der Waals surface area contributed by atoms with Gasteiger partial charge in [0.1, 0.15) is 5.82 Å². The predicted molar refractivity (Wildman–Crippen MR) is 99.0 cm³/mol. The molecule has 26 heavy (non-hydrogen) atoms. The Bertz CT molecular complexity index is 751. The Hall–Kier alpha value is -2.74. The maximum absolute atomic E-state index is 14.0. The van der Waals surface area contributed by atoms with E-state index in [0.29, 0.717) is 0 Å². The summed E-state index contributed by atoms with van der Waals surface area (Å²) in [5.74, 6) is 0.386. The van der Waals surface area contributed by atoms with Crippen molar-refractivity contribution in [3.63, 3.8) is 0 Å². The number of non-ortho nitro benzene ring substituents is 1. The highest BCUT2D eigenvalue weighted by Crippen LogP contribution is 2.21. The van der Waals surface area contributed by atoms with E-state index in [9.17, 15) is 14.5 Å². The van der Waals surface area contributed by atoms with Gasteiger partial charge in [0.25, 0.3) is 5.69 Å². The van der Waals surface area contributed by atoms with Gasteiger partial charge in [-0.15, -0.1) is 0 Å². The van der Waals surface area contributed by atoms with Gasteiger partial charge in [-0.05, 0) is 25.1 Å². The minimum Gasteiger partial charge on any atom is -0.379 e. The number of benzene rings is 1. The largest absolute Gasteiger partial charge is 0.379 e. The molecule has 2 aromatic rings. The normalized spacial score (nSPS) is 16.3. The van der Waals surface area contributed by atoms with Gasteiger partial charge in [-0.1, -0.05) is 6.07 Å². The van der Waals surface area contributed by atoms with Crippen molar-refractivity contribution in [2.45, 2.75) is 13.0 Å². The highest BCUT2D eigenvalue weighted by molar-refractivity contribution is 5.50. The van der Waals surface area contributed by atoms with Gasteiger partial charge in [0, 0.05) is 51.0 Å². The number of nitrogens with zero attached hydrogens (tertiary/aromatic N) is 4. The van der Waals surface area contributed by atoms with Crippen molar-refractivity contribution in [2.24, 2.45) is 0 Å². The average Bonchev–Trinajstić information content (AvgIpc) is 2.64. The standard InChI is InChI=1S/C18H22FN5O2/c1-14(21-17-6-5-15(24(25)26)12-16(17)19)13-22-8-10-23(11-9-22)18-4-2-3-7-20-18/h2-7,12,14,21H,8-11,13H2,1H3. The number of hydrogen-bond donors (Lipinski definition) is 1. The molecular weight excluding hydrogens is 337 g/mol. The molecule has 0 radical (unpaired) electrons. The lowest BCUT2D eigenvalue weighted by Gasteiger charge is -2.36. The van der Waals surface area contributed by atoms with Crippen LogP contribution in [0, 0.1) is 15.9 Å². The maximum Gasteiger partial charge on any atom is 0.272 e. The monoisotopic (exact) mass is 359 g/mol. The summed E-state index contributed by atoms with van der Waals surface area (Å²) in [6.07, 6.45) is 1.80. The first-order valence-electron chi connectivity index (χ1n) is 8.62. The molecule has 8 heteroatoms. The first kappa shape index (κ1) is 18.1. The average molecular weight is 359 g/mol. The van der Waals surface area contributed by atoms with Gasteiger partial charge < -0.3 is 10.2 Å². The van der Waals surface area contributed by atoms with Crippen molar-refractivity contribution >= 4 is 17.2 Å².